The molecule has 2 heterocycles. The van der Waals surface area contributed by atoms with Gasteiger partial charge in [0.15, 0.2) is 0 Å². The smallest absolute Gasteiger partial charge is 0.270 e. The van der Waals surface area contributed by atoms with Gasteiger partial charge in [0.1, 0.15) is 5.69 Å². The van der Waals surface area contributed by atoms with Crippen molar-refractivity contribution in [1.29, 1.82) is 0 Å². The van der Waals surface area contributed by atoms with Gasteiger partial charge in [-0.3, -0.25) is 14.7 Å². The average Bonchev–Trinajstić information content (AvgIpc) is 2.41. The van der Waals surface area contributed by atoms with Crippen LogP contribution in [0.4, 0.5) is 8.78 Å². The number of likely N-dealkylation sites (tertiary alicyclic amines) is 1. The number of rotatable bonds is 4. The fraction of sp³-hybridized carbons (Fsp3) is 0.538. The lowest BCUT2D eigenvalue weighted by molar-refractivity contribution is 0.0695. The molecule has 1 amide bonds. The Morgan fingerprint density at radius 1 is 1.42 bits per heavy atom. The molecule has 1 fully saturated rings. The van der Waals surface area contributed by atoms with Gasteiger partial charge in [-0.2, -0.15) is 0 Å². The second-order valence-corrected chi connectivity index (χ2v) is 4.65. The fourth-order valence-electron chi connectivity index (χ4n) is 2.21. The Morgan fingerprint density at radius 2 is 2.16 bits per heavy atom. The summed E-state index contributed by atoms with van der Waals surface area (Å²) < 4.78 is 24.5. The van der Waals surface area contributed by atoms with Crippen LogP contribution in [0, 0.1) is 0 Å². The second-order valence-electron chi connectivity index (χ2n) is 4.65. The van der Waals surface area contributed by atoms with Crippen molar-refractivity contribution >= 4 is 5.91 Å². The minimum atomic E-state index is -2.29. The van der Waals surface area contributed by atoms with Crippen molar-refractivity contribution in [3.63, 3.8) is 0 Å². The molecule has 0 aliphatic carbocycles. The summed E-state index contributed by atoms with van der Waals surface area (Å²) >= 11 is 0. The monoisotopic (exact) mass is 269 g/mol. The van der Waals surface area contributed by atoms with Crippen LogP contribution < -0.4 is 5.32 Å². The van der Waals surface area contributed by atoms with Crippen molar-refractivity contribution in [3.05, 3.63) is 30.1 Å². The van der Waals surface area contributed by atoms with Gasteiger partial charge >= 0.3 is 0 Å². The number of nitrogens with one attached hydrogen (secondary N) is 1. The lowest BCUT2D eigenvalue weighted by Gasteiger charge is -2.31. The van der Waals surface area contributed by atoms with Gasteiger partial charge in [0.05, 0.1) is 6.54 Å². The van der Waals surface area contributed by atoms with E-state index < -0.39 is 6.43 Å². The molecule has 0 radical (unpaired) electrons. The van der Waals surface area contributed by atoms with Crippen LogP contribution in [-0.2, 0) is 0 Å². The lowest BCUT2D eigenvalue weighted by atomic mass is 10.0. The van der Waals surface area contributed by atoms with E-state index in [0.717, 1.165) is 0 Å². The molecular weight excluding hydrogens is 252 g/mol. The topological polar surface area (TPSA) is 45.2 Å². The van der Waals surface area contributed by atoms with E-state index >= 15 is 0 Å². The van der Waals surface area contributed by atoms with Crippen molar-refractivity contribution in [2.75, 3.05) is 19.6 Å². The summed E-state index contributed by atoms with van der Waals surface area (Å²) in [5.74, 6) is -0.201. The summed E-state index contributed by atoms with van der Waals surface area (Å²) in [5.41, 5.74) is 0.387. The standard InChI is InChI=1S/C13H17F2N3O/c14-12(15)9-18-7-4-10(5-8-18)17-13(19)11-3-1-2-6-16-11/h1-3,6,10,12H,4-5,7-9H2,(H,17,19). The first-order valence-electron chi connectivity index (χ1n) is 6.37. The number of carbonyl (C=O) groups is 1. The van der Waals surface area contributed by atoms with Gasteiger partial charge in [-0.25, -0.2) is 8.78 Å². The molecule has 1 aromatic heterocycles. The first-order valence-corrected chi connectivity index (χ1v) is 6.37. The number of aromatic nitrogens is 1. The Balaban J connectivity index is 1.78. The van der Waals surface area contributed by atoms with Crippen molar-refractivity contribution < 1.29 is 13.6 Å². The number of carbonyl (C=O) groups excluding carboxylic acids is 1. The third-order valence-electron chi connectivity index (χ3n) is 3.22. The predicted octanol–water partition coefficient (Wildman–Crippen LogP) is 1.54. The Bertz CT molecular complexity index is 406. The molecule has 0 unspecified atom stereocenters. The molecule has 19 heavy (non-hydrogen) atoms. The second kappa shape index (κ2) is 6.56. The minimum Gasteiger partial charge on any atom is -0.348 e. The average molecular weight is 269 g/mol. The SMILES string of the molecule is O=C(NC1CCN(CC(F)F)CC1)c1ccccn1. The van der Waals surface area contributed by atoms with Gasteiger partial charge in [0.25, 0.3) is 12.3 Å². The molecule has 2 rings (SSSR count). The van der Waals surface area contributed by atoms with Crippen LogP contribution in [0.5, 0.6) is 0 Å². The number of halogens is 2. The number of nitrogens with zero attached hydrogens (tertiary/aromatic N) is 2. The summed E-state index contributed by atoms with van der Waals surface area (Å²) in [6.45, 7) is 1.01. The number of amides is 1. The Kier molecular flexibility index (Phi) is 4.79. The van der Waals surface area contributed by atoms with Gasteiger partial charge in [0, 0.05) is 25.3 Å². The highest BCUT2D eigenvalue weighted by Gasteiger charge is 2.22. The highest BCUT2D eigenvalue weighted by molar-refractivity contribution is 5.92. The van der Waals surface area contributed by atoms with Gasteiger partial charge in [-0.05, 0) is 25.0 Å². The third-order valence-corrected chi connectivity index (χ3v) is 3.22. The summed E-state index contributed by atoms with van der Waals surface area (Å²) in [5, 5.41) is 2.89. The van der Waals surface area contributed by atoms with E-state index in [2.05, 4.69) is 10.3 Å². The van der Waals surface area contributed by atoms with Crippen molar-refractivity contribution in [1.82, 2.24) is 15.2 Å². The van der Waals surface area contributed by atoms with Crippen LogP contribution in [0.25, 0.3) is 0 Å². The van der Waals surface area contributed by atoms with E-state index in [1.807, 2.05) is 0 Å². The summed E-state index contributed by atoms with van der Waals surface area (Å²) in [6, 6.07) is 5.21. The van der Waals surface area contributed by atoms with Crippen LogP contribution in [0.15, 0.2) is 24.4 Å². The first-order chi connectivity index (χ1) is 9.15. The van der Waals surface area contributed by atoms with E-state index in [1.54, 1.807) is 29.3 Å². The molecule has 0 bridgehead atoms. The van der Waals surface area contributed by atoms with Crippen molar-refractivity contribution in [2.24, 2.45) is 0 Å². The van der Waals surface area contributed by atoms with Gasteiger partial charge in [-0.1, -0.05) is 6.07 Å². The van der Waals surface area contributed by atoms with E-state index in [4.69, 9.17) is 0 Å². The molecule has 104 valence electrons. The number of pyridine rings is 1. The zero-order valence-corrected chi connectivity index (χ0v) is 10.6. The highest BCUT2D eigenvalue weighted by Crippen LogP contribution is 2.12. The van der Waals surface area contributed by atoms with Crippen molar-refractivity contribution in [2.45, 2.75) is 25.3 Å². The molecule has 4 nitrogen and oxygen atoms in total. The van der Waals surface area contributed by atoms with E-state index in [0.29, 0.717) is 31.6 Å². The maximum atomic E-state index is 12.2. The normalized spacial score (nSPS) is 17.6. The first kappa shape index (κ1) is 13.9. The number of hydrogen-bond donors (Lipinski definition) is 1. The fourth-order valence-corrected chi connectivity index (χ4v) is 2.21. The number of hydrogen-bond acceptors (Lipinski definition) is 3. The Morgan fingerprint density at radius 3 is 2.74 bits per heavy atom. The molecule has 6 heteroatoms. The molecule has 0 atom stereocenters. The molecule has 1 aromatic rings. The summed E-state index contributed by atoms with van der Waals surface area (Å²) in [6.07, 6.45) is 0.677. The predicted molar refractivity (Wildman–Crippen MR) is 67.2 cm³/mol. The van der Waals surface area contributed by atoms with Crippen LogP contribution in [0.2, 0.25) is 0 Å². The van der Waals surface area contributed by atoms with Crippen LogP contribution in [-0.4, -0.2) is 47.9 Å². The van der Waals surface area contributed by atoms with Gasteiger partial charge in [0.2, 0.25) is 0 Å². The van der Waals surface area contributed by atoms with E-state index in [1.165, 1.54) is 0 Å². The number of alkyl halides is 2. The zero-order valence-electron chi connectivity index (χ0n) is 10.6. The maximum Gasteiger partial charge on any atom is 0.270 e. The molecule has 1 aliphatic rings. The highest BCUT2D eigenvalue weighted by atomic mass is 19.3. The van der Waals surface area contributed by atoms with Crippen LogP contribution in [0.3, 0.4) is 0 Å². The molecule has 0 saturated carbocycles. The molecule has 0 aromatic carbocycles. The zero-order chi connectivity index (χ0) is 13.7. The summed E-state index contributed by atoms with van der Waals surface area (Å²) in [4.78, 5) is 17.6. The number of piperidine rings is 1. The molecule has 1 N–H and O–H groups in total. The lowest BCUT2D eigenvalue weighted by Crippen LogP contribution is -2.45. The molecular formula is C13H17F2N3O. The quantitative estimate of drug-likeness (QED) is 0.902. The largest absolute Gasteiger partial charge is 0.348 e. The van der Waals surface area contributed by atoms with Gasteiger partial charge < -0.3 is 5.32 Å². The van der Waals surface area contributed by atoms with Crippen LogP contribution in [0.1, 0.15) is 23.3 Å². The van der Waals surface area contributed by atoms with E-state index in [-0.39, 0.29) is 18.5 Å². The summed E-state index contributed by atoms with van der Waals surface area (Å²) in [7, 11) is 0. The molecule has 1 saturated heterocycles. The van der Waals surface area contributed by atoms with Crippen LogP contribution >= 0.6 is 0 Å². The van der Waals surface area contributed by atoms with Gasteiger partial charge in [-0.15, -0.1) is 0 Å². The van der Waals surface area contributed by atoms with Crippen molar-refractivity contribution in [3.8, 4) is 0 Å². The van der Waals surface area contributed by atoms with E-state index in [9.17, 15) is 13.6 Å². The molecule has 1 aliphatic heterocycles. The minimum absolute atomic E-state index is 0.0448. The Labute approximate surface area is 110 Å². The maximum absolute atomic E-state index is 12.2. The Hall–Kier alpha value is -1.56. The molecule has 0 spiro atoms. The third kappa shape index (κ3) is 4.24.